The Kier molecular flexibility index (Phi) is 4.52. The molecule has 0 aromatic carbocycles. The molecule has 0 saturated carbocycles. The highest BCUT2D eigenvalue weighted by molar-refractivity contribution is 5.82. The van der Waals surface area contributed by atoms with Gasteiger partial charge in [-0.2, -0.15) is 13.2 Å². The Morgan fingerprint density at radius 3 is 2.45 bits per heavy atom. The third-order valence-electron chi connectivity index (χ3n) is 4.38. The van der Waals surface area contributed by atoms with Gasteiger partial charge < -0.3 is 15.0 Å². The number of nitrogens with zero attached hydrogens (tertiary/aromatic N) is 1. The fraction of sp³-hybridized carbons (Fsp3) is 0.933. The Balaban J connectivity index is 2.02. The van der Waals surface area contributed by atoms with Crippen LogP contribution in [0.5, 0.6) is 0 Å². The van der Waals surface area contributed by atoms with E-state index in [4.69, 9.17) is 4.74 Å². The zero-order chi connectivity index (χ0) is 16.8. The quantitative estimate of drug-likeness (QED) is 0.868. The number of piperidine rings is 1. The molecular formula is C15H25F3N2O2. The fourth-order valence-electron chi connectivity index (χ4n) is 3.53. The summed E-state index contributed by atoms with van der Waals surface area (Å²) in [5.41, 5.74) is -0.749. The Morgan fingerprint density at radius 1 is 1.32 bits per heavy atom. The largest absolute Gasteiger partial charge is 0.406 e. The van der Waals surface area contributed by atoms with Gasteiger partial charge >= 0.3 is 6.18 Å². The van der Waals surface area contributed by atoms with E-state index in [1.54, 1.807) is 0 Å². The van der Waals surface area contributed by atoms with Gasteiger partial charge in [-0.1, -0.05) is 0 Å². The van der Waals surface area contributed by atoms with Crippen molar-refractivity contribution in [2.75, 3.05) is 13.1 Å². The first-order valence-electron chi connectivity index (χ1n) is 7.71. The summed E-state index contributed by atoms with van der Waals surface area (Å²) in [5, 5.41) is 3.25. The van der Waals surface area contributed by atoms with Crippen molar-refractivity contribution in [2.45, 2.75) is 76.4 Å². The molecule has 0 aromatic rings. The monoisotopic (exact) mass is 322 g/mol. The van der Waals surface area contributed by atoms with Crippen LogP contribution in [-0.2, 0) is 9.53 Å². The number of hydrogen-bond donors (Lipinski definition) is 1. The topological polar surface area (TPSA) is 41.6 Å². The molecule has 2 saturated heterocycles. The third kappa shape index (κ3) is 4.13. The van der Waals surface area contributed by atoms with Gasteiger partial charge in [0.2, 0.25) is 5.91 Å². The SMILES string of the molecule is CC1(C)C[C@H](N[C@H]2CCCN(CC(F)(F)F)C2=O)C(C)(C)O1. The van der Waals surface area contributed by atoms with Gasteiger partial charge in [0.05, 0.1) is 17.2 Å². The summed E-state index contributed by atoms with van der Waals surface area (Å²) < 4.78 is 43.6. The van der Waals surface area contributed by atoms with Crippen molar-refractivity contribution in [3.05, 3.63) is 0 Å². The first-order valence-corrected chi connectivity index (χ1v) is 7.71. The number of alkyl halides is 3. The molecule has 1 amide bonds. The van der Waals surface area contributed by atoms with Gasteiger partial charge in [0.1, 0.15) is 6.54 Å². The van der Waals surface area contributed by atoms with Crippen molar-refractivity contribution in [1.82, 2.24) is 10.2 Å². The maximum Gasteiger partial charge on any atom is 0.406 e. The zero-order valence-electron chi connectivity index (χ0n) is 13.6. The molecule has 22 heavy (non-hydrogen) atoms. The van der Waals surface area contributed by atoms with E-state index in [0.717, 1.165) is 11.3 Å². The van der Waals surface area contributed by atoms with Crippen LogP contribution in [0.4, 0.5) is 13.2 Å². The molecule has 0 spiro atoms. The van der Waals surface area contributed by atoms with Crippen molar-refractivity contribution in [3.63, 3.8) is 0 Å². The Labute approximate surface area is 129 Å². The van der Waals surface area contributed by atoms with E-state index >= 15 is 0 Å². The summed E-state index contributed by atoms with van der Waals surface area (Å²) in [5.74, 6) is -0.455. The fourth-order valence-corrected chi connectivity index (χ4v) is 3.53. The number of rotatable bonds is 3. The van der Waals surface area contributed by atoms with Crippen molar-refractivity contribution in [2.24, 2.45) is 0 Å². The Morgan fingerprint density at radius 2 is 1.95 bits per heavy atom. The molecule has 0 radical (unpaired) electrons. The van der Waals surface area contributed by atoms with Crippen LogP contribution in [0.1, 0.15) is 47.0 Å². The number of likely N-dealkylation sites (tertiary alicyclic amines) is 1. The molecular weight excluding hydrogens is 297 g/mol. The van der Waals surface area contributed by atoms with Crippen molar-refractivity contribution in [3.8, 4) is 0 Å². The maximum absolute atomic E-state index is 12.5. The van der Waals surface area contributed by atoms with Crippen LogP contribution >= 0.6 is 0 Å². The first-order chi connectivity index (χ1) is 9.90. The number of halogens is 3. The molecule has 2 fully saturated rings. The minimum Gasteiger partial charge on any atom is -0.368 e. The second-order valence-electron chi connectivity index (χ2n) is 7.46. The molecule has 128 valence electrons. The summed E-state index contributed by atoms with van der Waals surface area (Å²) in [6.07, 6.45) is -2.48. The van der Waals surface area contributed by atoms with Gasteiger partial charge in [-0.3, -0.25) is 4.79 Å². The zero-order valence-corrected chi connectivity index (χ0v) is 13.6. The molecule has 4 nitrogen and oxygen atoms in total. The van der Waals surface area contributed by atoms with Crippen LogP contribution in [0.2, 0.25) is 0 Å². The average molecular weight is 322 g/mol. The highest BCUT2D eigenvalue weighted by Crippen LogP contribution is 2.37. The predicted octanol–water partition coefficient (Wildman–Crippen LogP) is 2.48. The molecule has 2 aliphatic heterocycles. The smallest absolute Gasteiger partial charge is 0.368 e. The lowest BCUT2D eigenvalue weighted by atomic mass is 9.92. The summed E-state index contributed by atoms with van der Waals surface area (Å²) in [6.45, 7) is 6.86. The summed E-state index contributed by atoms with van der Waals surface area (Å²) in [6, 6.07) is -0.611. The van der Waals surface area contributed by atoms with Gasteiger partial charge in [-0.25, -0.2) is 0 Å². The van der Waals surface area contributed by atoms with Gasteiger partial charge in [0.25, 0.3) is 0 Å². The molecule has 2 atom stereocenters. The molecule has 7 heteroatoms. The van der Waals surface area contributed by atoms with E-state index in [-0.39, 0.29) is 18.2 Å². The molecule has 2 rings (SSSR count). The lowest BCUT2D eigenvalue weighted by molar-refractivity contribution is -0.165. The van der Waals surface area contributed by atoms with Gasteiger partial charge in [-0.15, -0.1) is 0 Å². The van der Waals surface area contributed by atoms with Gasteiger partial charge in [-0.05, 0) is 47.0 Å². The Hall–Kier alpha value is -0.820. The predicted molar refractivity (Wildman–Crippen MR) is 76.4 cm³/mol. The number of carbonyl (C=O) groups excluding carboxylic acids is 1. The summed E-state index contributed by atoms with van der Waals surface area (Å²) >= 11 is 0. The second kappa shape index (κ2) is 5.67. The molecule has 0 aliphatic carbocycles. The molecule has 0 aromatic heterocycles. The van der Waals surface area contributed by atoms with Crippen LogP contribution in [0.3, 0.4) is 0 Å². The summed E-state index contributed by atoms with van der Waals surface area (Å²) in [7, 11) is 0. The minimum atomic E-state index is -4.35. The third-order valence-corrected chi connectivity index (χ3v) is 4.38. The first kappa shape index (κ1) is 17.5. The van der Waals surface area contributed by atoms with Crippen LogP contribution in [-0.4, -0.2) is 53.4 Å². The molecule has 1 N–H and O–H groups in total. The number of nitrogens with one attached hydrogen (secondary N) is 1. The lowest BCUT2D eigenvalue weighted by Gasteiger charge is -2.36. The van der Waals surface area contributed by atoms with Gasteiger partial charge in [0.15, 0.2) is 0 Å². The minimum absolute atomic E-state index is 0.0534. The van der Waals surface area contributed by atoms with Crippen LogP contribution < -0.4 is 5.32 Å². The normalized spacial score (nSPS) is 31.6. The maximum atomic E-state index is 12.5. The van der Waals surface area contributed by atoms with Crippen molar-refractivity contribution >= 4 is 5.91 Å². The van der Waals surface area contributed by atoms with E-state index in [1.807, 2.05) is 27.7 Å². The van der Waals surface area contributed by atoms with Gasteiger partial charge in [0, 0.05) is 12.6 Å². The molecule has 0 unspecified atom stereocenters. The van der Waals surface area contributed by atoms with Crippen LogP contribution in [0.25, 0.3) is 0 Å². The number of amides is 1. The van der Waals surface area contributed by atoms with E-state index in [9.17, 15) is 18.0 Å². The van der Waals surface area contributed by atoms with E-state index in [0.29, 0.717) is 12.8 Å². The lowest BCUT2D eigenvalue weighted by Crippen LogP contribution is -2.57. The average Bonchev–Trinajstić information content (AvgIpc) is 2.50. The molecule has 2 heterocycles. The molecule has 0 bridgehead atoms. The van der Waals surface area contributed by atoms with Crippen LogP contribution in [0, 0.1) is 0 Å². The van der Waals surface area contributed by atoms with E-state index in [2.05, 4.69) is 5.32 Å². The molecule has 2 aliphatic rings. The van der Waals surface area contributed by atoms with Crippen LogP contribution in [0.15, 0.2) is 0 Å². The van der Waals surface area contributed by atoms with Crippen molar-refractivity contribution < 1.29 is 22.7 Å². The van der Waals surface area contributed by atoms with E-state index < -0.39 is 30.3 Å². The summed E-state index contributed by atoms with van der Waals surface area (Å²) in [4.78, 5) is 13.2. The Bertz CT molecular complexity index is 435. The van der Waals surface area contributed by atoms with E-state index in [1.165, 1.54) is 0 Å². The highest BCUT2D eigenvalue weighted by Gasteiger charge is 2.47. The standard InChI is InChI=1S/C15H25F3N2O2/c1-13(2)8-11(14(3,4)22-13)19-10-6-5-7-20(12(10)21)9-15(16,17)18/h10-11,19H,5-9H2,1-4H3/t10-,11-/m0/s1. The van der Waals surface area contributed by atoms with Crippen molar-refractivity contribution in [1.29, 1.82) is 0 Å². The highest BCUT2D eigenvalue weighted by atomic mass is 19.4. The second-order valence-corrected chi connectivity index (χ2v) is 7.46. The number of ether oxygens (including phenoxy) is 1. The number of hydrogen-bond acceptors (Lipinski definition) is 3. The number of carbonyl (C=O) groups is 1.